The normalized spacial score (nSPS) is 35.5. The van der Waals surface area contributed by atoms with Gasteiger partial charge in [0.25, 0.3) is 0 Å². The van der Waals surface area contributed by atoms with E-state index < -0.39 is 66.9 Å². The zero-order valence-corrected chi connectivity index (χ0v) is 19.3. The van der Waals surface area contributed by atoms with E-state index >= 15 is 0 Å². The maximum absolute atomic E-state index is 13.0. The van der Waals surface area contributed by atoms with Crippen molar-refractivity contribution < 1.29 is 38.0 Å². The van der Waals surface area contributed by atoms with E-state index in [2.05, 4.69) is 24.9 Å². The maximum atomic E-state index is 13.0. The molecule has 184 valence electrons. The molecular weight excluding hydrogens is 576 g/mol. The van der Waals surface area contributed by atoms with Crippen LogP contribution >= 0.6 is 22.9 Å². The molecule has 0 radical (unpaired) electrons. The predicted octanol–water partition coefficient (Wildman–Crippen LogP) is -1.06. The fourth-order valence-corrected chi connectivity index (χ4v) is 5.05. The highest BCUT2D eigenvalue weighted by Crippen LogP contribution is 2.42. The van der Waals surface area contributed by atoms with Crippen LogP contribution in [0.3, 0.4) is 0 Å². The van der Waals surface area contributed by atoms with E-state index in [4.69, 9.17) is 10.1 Å². The number of ether oxygens (including phenoxy) is 1. The standard InChI is InChI=1S/C19H20F3IN6O5/c20-19(21,22)9-3-1-2-8(4-5-9)15(33)34-12-11(7-31)29-17(28-23)25-10(6-30)13-18(29,14(12)32)27-16(24)26-13/h1,3-5,10-14,30-32H,6-7H2,(H,25,28)(H3,24,26,27)/t10-,11?,12-,13?,14?,18?/m0/s1. The Morgan fingerprint density at radius 2 is 2.06 bits per heavy atom. The summed E-state index contributed by atoms with van der Waals surface area (Å²) in [5, 5.41) is 48.0. The molecule has 3 saturated heterocycles. The Morgan fingerprint density at radius 1 is 1.32 bits per heavy atom. The Bertz CT molecular complexity index is 1060. The second-order valence-electron chi connectivity index (χ2n) is 7.90. The summed E-state index contributed by atoms with van der Waals surface area (Å²) in [6.45, 7) is -1.00. The van der Waals surface area contributed by atoms with Crippen LogP contribution in [0.5, 0.6) is 0 Å². The third-order valence-electron chi connectivity index (χ3n) is 6.10. The zero-order chi connectivity index (χ0) is 24.8. The first-order chi connectivity index (χ1) is 16.1. The third kappa shape index (κ3) is 3.76. The van der Waals surface area contributed by atoms with Crippen LogP contribution in [0, 0.1) is 5.41 Å². The van der Waals surface area contributed by atoms with E-state index in [1.165, 1.54) is 4.90 Å². The smallest absolute Gasteiger partial charge is 0.416 e. The molecule has 3 heterocycles. The lowest BCUT2D eigenvalue weighted by Crippen LogP contribution is -2.78. The molecule has 6 atom stereocenters. The molecule has 4 rings (SSSR count). The van der Waals surface area contributed by atoms with E-state index in [1.54, 1.807) is 22.9 Å². The average Bonchev–Trinajstić information content (AvgIpc) is 3.10. The van der Waals surface area contributed by atoms with Crippen LogP contribution in [0.4, 0.5) is 13.2 Å². The lowest BCUT2D eigenvalue weighted by molar-refractivity contribution is -0.151. The van der Waals surface area contributed by atoms with Crippen LogP contribution in [0.25, 0.3) is 0 Å². The lowest BCUT2D eigenvalue weighted by atomic mass is 9.88. The Labute approximate surface area is 204 Å². The number of guanidine groups is 2. The molecule has 0 aromatic heterocycles. The predicted molar refractivity (Wildman–Crippen MR) is 119 cm³/mol. The number of carbonyl (C=O) groups is 1. The molecule has 7 N–H and O–H groups in total. The first-order valence-electron chi connectivity index (χ1n) is 9.99. The summed E-state index contributed by atoms with van der Waals surface area (Å²) >= 11 is 1.68. The molecule has 4 unspecified atom stereocenters. The van der Waals surface area contributed by atoms with Gasteiger partial charge in [-0.25, -0.2) is 4.79 Å². The fraction of sp³-hybridized carbons (Fsp3) is 0.474. The number of allylic oxidation sites excluding steroid dienone is 3. The molecule has 1 spiro atoms. The first-order valence-corrected chi connectivity index (χ1v) is 11.0. The minimum absolute atomic E-state index is 0.157. The minimum atomic E-state index is -4.62. The lowest BCUT2D eigenvalue weighted by Gasteiger charge is -2.50. The number of aliphatic hydroxyl groups excluding tert-OH is 3. The summed E-state index contributed by atoms with van der Waals surface area (Å²) in [4.78, 5) is 14.3. The van der Waals surface area contributed by atoms with Gasteiger partial charge in [-0.1, -0.05) is 0 Å². The van der Waals surface area contributed by atoms with Gasteiger partial charge in [-0.15, -0.1) is 5.73 Å². The molecule has 1 aliphatic carbocycles. The summed E-state index contributed by atoms with van der Waals surface area (Å²) in [5.74, 6) is -1.08. The van der Waals surface area contributed by atoms with Crippen molar-refractivity contribution >= 4 is 40.8 Å². The van der Waals surface area contributed by atoms with E-state index in [9.17, 15) is 33.3 Å². The summed E-state index contributed by atoms with van der Waals surface area (Å²) in [7, 11) is 0. The number of carbonyl (C=O) groups excluding carboxylic acids is 1. The highest BCUT2D eigenvalue weighted by molar-refractivity contribution is 14.1. The SMILES string of the molecule is N=C1NC2[C@H](CO)N/C(=N/I)N3C(CO)[C@H](OC(=O)C4=C=CC=C(C(F)(F)F)C=C4)C(O)C23N1. The van der Waals surface area contributed by atoms with Gasteiger partial charge in [0.1, 0.15) is 11.7 Å². The van der Waals surface area contributed by atoms with Crippen molar-refractivity contribution in [1.82, 2.24) is 20.9 Å². The number of nitrogens with one attached hydrogen (secondary N) is 4. The molecule has 0 aromatic carbocycles. The van der Waals surface area contributed by atoms with Crippen molar-refractivity contribution in [3.05, 3.63) is 41.2 Å². The fourth-order valence-electron chi connectivity index (χ4n) is 4.68. The van der Waals surface area contributed by atoms with Gasteiger partial charge in [0.15, 0.2) is 17.7 Å². The molecule has 34 heavy (non-hydrogen) atoms. The van der Waals surface area contributed by atoms with Gasteiger partial charge in [-0.05, 0) is 24.3 Å². The van der Waals surface area contributed by atoms with Gasteiger partial charge in [0.05, 0.1) is 59.8 Å². The van der Waals surface area contributed by atoms with Crippen LogP contribution < -0.4 is 16.0 Å². The van der Waals surface area contributed by atoms with Gasteiger partial charge in [-0.3, -0.25) is 5.41 Å². The van der Waals surface area contributed by atoms with Crippen molar-refractivity contribution in [2.24, 2.45) is 3.21 Å². The molecule has 3 aliphatic heterocycles. The number of aliphatic hydroxyl groups is 3. The zero-order valence-electron chi connectivity index (χ0n) is 17.2. The Morgan fingerprint density at radius 3 is 2.68 bits per heavy atom. The van der Waals surface area contributed by atoms with Crippen LogP contribution in [0.2, 0.25) is 0 Å². The van der Waals surface area contributed by atoms with Crippen LogP contribution in [0.1, 0.15) is 0 Å². The molecule has 4 aliphatic rings. The van der Waals surface area contributed by atoms with E-state index in [1.807, 2.05) is 0 Å². The minimum Gasteiger partial charge on any atom is -0.453 e. The molecule has 0 amide bonds. The van der Waals surface area contributed by atoms with Crippen LogP contribution in [-0.2, 0) is 9.53 Å². The molecule has 15 heteroatoms. The topological polar surface area (TPSA) is 163 Å². The van der Waals surface area contributed by atoms with Gasteiger partial charge in [-0.2, -0.15) is 16.4 Å². The van der Waals surface area contributed by atoms with Crippen molar-refractivity contribution in [3.63, 3.8) is 0 Å². The molecule has 0 saturated carbocycles. The molecular formula is C19H20F3IN6O5. The van der Waals surface area contributed by atoms with Crippen molar-refractivity contribution in [1.29, 1.82) is 5.41 Å². The number of hydrogen-bond donors (Lipinski definition) is 7. The van der Waals surface area contributed by atoms with Gasteiger partial charge in [0, 0.05) is 0 Å². The molecule has 0 bridgehead atoms. The van der Waals surface area contributed by atoms with Crippen molar-refractivity contribution in [3.8, 4) is 0 Å². The second-order valence-corrected chi connectivity index (χ2v) is 8.38. The summed E-state index contributed by atoms with van der Waals surface area (Å²) in [6, 6.07) is -2.55. The number of esters is 1. The Balaban J connectivity index is 1.66. The summed E-state index contributed by atoms with van der Waals surface area (Å²) < 4.78 is 48.4. The highest BCUT2D eigenvalue weighted by atomic mass is 127. The Kier molecular flexibility index (Phi) is 6.41. The third-order valence-corrected chi connectivity index (χ3v) is 6.56. The summed E-state index contributed by atoms with van der Waals surface area (Å²) in [5.41, 5.74) is -0.410. The number of hydrogen-bond acceptors (Lipinski definition) is 7. The molecule has 3 fully saturated rings. The van der Waals surface area contributed by atoms with Gasteiger partial charge >= 0.3 is 12.1 Å². The quantitative estimate of drug-likeness (QED) is 0.122. The molecule has 11 nitrogen and oxygen atoms in total. The van der Waals surface area contributed by atoms with Gasteiger partial charge < -0.3 is 40.9 Å². The maximum Gasteiger partial charge on any atom is 0.416 e. The number of rotatable bonds is 4. The highest BCUT2D eigenvalue weighted by Gasteiger charge is 2.70. The van der Waals surface area contributed by atoms with E-state index in [0.717, 1.165) is 18.2 Å². The largest absolute Gasteiger partial charge is 0.453 e. The summed E-state index contributed by atoms with van der Waals surface area (Å²) in [6.07, 6.45) is -4.24. The van der Waals surface area contributed by atoms with E-state index in [-0.39, 0.29) is 17.5 Å². The Hall–Kier alpha value is -2.59. The number of halogens is 4. The van der Waals surface area contributed by atoms with Crippen LogP contribution in [-0.4, -0.2) is 93.5 Å². The van der Waals surface area contributed by atoms with E-state index in [0.29, 0.717) is 6.08 Å². The van der Waals surface area contributed by atoms with Crippen molar-refractivity contribution in [2.75, 3.05) is 13.2 Å². The second kappa shape index (κ2) is 8.88. The van der Waals surface area contributed by atoms with Crippen molar-refractivity contribution in [2.45, 2.75) is 42.2 Å². The molecule has 0 aromatic rings. The van der Waals surface area contributed by atoms with Crippen LogP contribution in [0.15, 0.2) is 44.4 Å². The average molecular weight is 596 g/mol. The van der Waals surface area contributed by atoms with Gasteiger partial charge in [0.2, 0.25) is 5.96 Å². The number of alkyl halides is 3. The number of nitrogens with zero attached hydrogens (tertiary/aromatic N) is 2. The first kappa shape index (κ1) is 24.5. The monoisotopic (exact) mass is 596 g/mol.